The van der Waals surface area contributed by atoms with Crippen molar-refractivity contribution in [2.24, 2.45) is 0 Å². The van der Waals surface area contributed by atoms with Crippen LogP contribution in [-0.2, 0) is 11.3 Å². The highest BCUT2D eigenvalue weighted by Crippen LogP contribution is 2.41. The molecule has 3 aliphatic rings. The van der Waals surface area contributed by atoms with Crippen LogP contribution in [0.15, 0.2) is 5.38 Å². The van der Waals surface area contributed by atoms with Crippen molar-refractivity contribution in [2.75, 3.05) is 13.2 Å². The van der Waals surface area contributed by atoms with E-state index in [1.807, 2.05) is 4.90 Å². The smallest absolute Gasteiger partial charge is 0.318 e. The van der Waals surface area contributed by atoms with Crippen molar-refractivity contribution >= 4 is 17.4 Å². The first-order valence-corrected chi connectivity index (χ1v) is 10.3. The molecule has 24 heavy (non-hydrogen) atoms. The summed E-state index contributed by atoms with van der Waals surface area (Å²) in [6.45, 7) is 2.12. The Kier molecular flexibility index (Phi) is 5.03. The summed E-state index contributed by atoms with van der Waals surface area (Å²) in [7, 11) is 0. The molecule has 0 spiro atoms. The van der Waals surface area contributed by atoms with E-state index in [0.29, 0.717) is 18.5 Å². The lowest BCUT2D eigenvalue weighted by Gasteiger charge is -2.31. The standard InChI is InChI=1S/C18H27N3O2S/c22-18(19-10-14-12-24-17(20-14)13-7-8-13)21(15-4-1-2-5-15)11-16-6-3-9-23-16/h12-13,15-16H,1-11H2,(H,19,22)/t16-/m0/s1. The van der Waals surface area contributed by atoms with Crippen LogP contribution in [-0.4, -0.2) is 41.2 Å². The van der Waals surface area contributed by atoms with Crippen molar-refractivity contribution < 1.29 is 9.53 Å². The fourth-order valence-corrected chi connectivity index (χ4v) is 4.80. The zero-order valence-corrected chi connectivity index (χ0v) is 15.0. The van der Waals surface area contributed by atoms with Gasteiger partial charge in [-0.05, 0) is 38.5 Å². The summed E-state index contributed by atoms with van der Waals surface area (Å²) in [4.78, 5) is 19.5. The third kappa shape index (κ3) is 3.91. The highest BCUT2D eigenvalue weighted by molar-refractivity contribution is 7.09. The Hall–Kier alpha value is -1.14. The largest absolute Gasteiger partial charge is 0.376 e. The normalized spacial score (nSPS) is 24.4. The van der Waals surface area contributed by atoms with Gasteiger partial charge in [0, 0.05) is 30.5 Å². The molecule has 132 valence electrons. The Labute approximate surface area is 147 Å². The Morgan fingerprint density at radius 1 is 1.25 bits per heavy atom. The van der Waals surface area contributed by atoms with Gasteiger partial charge in [-0.1, -0.05) is 12.8 Å². The molecule has 0 aromatic carbocycles. The number of thiazole rings is 1. The monoisotopic (exact) mass is 349 g/mol. The van der Waals surface area contributed by atoms with Crippen LogP contribution in [0.3, 0.4) is 0 Å². The van der Waals surface area contributed by atoms with Crippen LogP contribution in [0.5, 0.6) is 0 Å². The first kappa shape index (κ1) is 16.3. The summed E-state index contributed by atoms with van der Waals surface area (Å²) in [6, 6.07) is 0.435. The van der Waals surface area contributed by atoms with Crippen LogP contribution < -0.4 is 5.32 Å². The SMILES string of the molecule is O=C(NCc1csc(C2CC2)n1)N(C[C@@H]1CCCO1)C1CCCC1. The van der Waals surface area contributed by atoms with E-state index >= 15 is 0 Å². The van der Waals surface area contributed by atoms with Crippen molar-refractivity contribution in [1.29, 1.82) is 0 Å². The maximum atomic E-state index is 12.8. The molecule has 1 atom stereocenters. The Morgan fingerprint density at radius 3 is 2.79 bits per heavy atom. The zero-order chi connectivity index (χ0) is 16.4. The van der Waals surface area contributed by atoms with Crippen LogP contribution in [0.25, 0.3) is 0 Å². The van der Waals surface area contributed by atoms with Gasteiger partial charge >= 0.3 is 6.03 Å². The quantitative estimate of drug-likeness (QED) is 0.853. The van der Waals surface area contributed by atoms with Crippen molar-refractivity contribution in [2.45, 2.75) is 76.0 Å². The molecule has 2 aliphatic carbocycles. The average Bonchev–Trinajstić information content (AvgIpc) is 3.06. The first-order chi connectivity index (χ1) is 11.8. The summed E-state index contributed by atoms with van der Waals surface area (Å²) >= 11 is 1.74. The van der Waals surface area contributed by atoms with Crippen LogP contribution in [0, 0.1) is 0 Å². The van der Waals surface area contributed by atoms with E-state index in [4.69, 9.17) is 4.74 Å². The predicted octanol–water partition coefficient (Wildman–Crippen LogP) is 3.65. The molecule has 2 amide bonds. The van der Waals surface area contributed by atoms with E-state index < -0.39 is 0 Å². The maximum Gasteiger partial charge on any atom is 0.318 e. The minimum atomic E-state index is 0.0540. The first-order valence-electron chi connectivity index (χ1n) is 9.40. The van der Waals surface area contributed by atoms with Crippen molar-refractivity contribution in [3.05, 3.63) is 16.1 Å². The van der Waals surface area contributed by atoms with Gasteiger partial charge in [0.05, 0.1) is 23.4 Å². The summed E-state index contributed by atoms with van der Waals surface area (Å²) in [5, 5.41) is 6.43. The van der Waals surface area contributed by atoms with E-state index in [1.165, 1.54) is 30.7 Å². The molecule has 2 saturated carbocycles. The fourth-order valence-electron chi connectivity index (χ4n) is 3.81. The highest BCUT2D eigenvalue weighted by atomic mass is 32.1. The van der Waals surface area contributed by atoms with E-state index in [0.717, 1.165) is 44.5 Å². The second kappa shape index (κ2) is 7.40. The van der Waals surface area contributed by atoms with Crippen LogP contribution in [0.1, 0.15) is 68.0 Å². The third-order valence-corrected chi connectivity index (χ3v) is 6.42. The summed E-state index contributed by atoms with van der Waals surface area (Å²) in [6.07, 6.45) is 9.68. The molecule has 0 bridgehead atoms. The molecule has 4 rings (SSSR count). The number of hydrogen-bond acceptors (Lipinski definition) is 4. The maximum absolute atomic E-state index is 12.8. The van der Waals surface area contributed by atoms with Crippen molar-refractivity contribution in [1.82, 2.24) is 15.2 Å². The molecule has 1 aromatic heterocycles. The fraction of sp³-hybridized carbons (Fsp3) is 0.778. The van der Waals surface area contributed by atoms with Gasteiger partial charge in [-0.15, -0.1) is 11.3 Å². The van der Waals surface area contributed by atoms with Gasteiger partial charge in [0.25, 0.3) is 0 Å². The van der Waals surface area contributed by atoms with Crippen LogP contribution >= 0.6 is 11.3 Å². The number of nitrogens with zero attached hydrogens (tertiary/aromatic N) is 2. The van der Waals surface area contributed by atoms with Crippen LogP contribution in [0.2, 0.25) is 0 Å². The lowest BCUT2D eigenvalue weighted by Crippen LogP contribution is -2.48. The molecule has 1 aromatic rings. The Morgan fingerprint density at radius 2 is 2.08 bits per heavy atom. The number of carbonyl (C=O) groups excluding carboxylic acids is 1. The lowest BCUT2D eigenvalue weighted by molar-refractivity contribution is 0.0698. The Balaban J connectivity index is 1.34. The molecule has 1 saturated heterocycles. The van der Waals surface area contributed by atoms with Crippen molar-refractivity contribution in [3.8, 4) is 0 Å². The number of urea groups is 1. The zero-order valence-electron chi connectivity index (χ0n) is 14.2. The summed E-state index contributed by atoms with van der Waals surface area (Å²) in [5.74, 6) is 0.689. The number of amides is 2. The molecule has 5 nitrogen and oxygen atoms in total. The van der Waals surface area contributed by atoms with Gasteiger partial charge in [0.1, 0.15) is 0 Å². The Bertz CT molecular complexity index is 560. The molecule has 1 aliphatic heterocycles. The molecule has 6 heteroatoms. The van der Waals surface area contributed by atoms with Gasteiger partial charge in [-0.25, -0.2) is 9.78 Å². The van der Waals surface area contributed by atoms with E-state index in [9.17, 15) is 4.79 Å². The summed E-state index contributed by atoms with van der Waals surface area (Å²) < 4.78 is 5.76. The van der Waals surface area contributed by atoms with E-state index in [2.05, 4.69) is 15.7 Å². The molecular weight excluding hydrogens is 322 g/mol. The number of carbonyl (C=O) groups is 1. The molecule has 0 unspecified atom stereocenters. The molecule has 2 heterocycles. The number of aromatic nitrogens is 1. The van der Waals surface area contributed by atoms with Gasteiger partial charge < -0.3 is 15.0 Å². The second-order valence-electron chi connectivity index (χ2n) is 7.34. The van der Waals surface area contributed by atoms with Crippen molar-refractivity contribution in [3.63, 3.8) is 0 Å². The lowest BCUT2D eigenvalue weighted by atomic mass is 10.1. The second-order valence-corrected chi connectivity index (χ2v) is 8.23. The number of rotatable bonds is 6. The van der Waals surface area contributed by atoms with Gasteiger partial charge in [-0.3, -0.25) is 0 Å². The average molecular weight is 350 g/mol. The number of ether oxygens (including phenoxy) is 1. The minimum absolute atomic E-state index is 0.0540. The topological polar surface area (TPSA) is 54.5 Å². The molecule has 1 N–H and O–H groups in total. The molecule has 0 radical (unpaired) electrons. The number of nitrogens with one attached hydrogen (secondary N) is 1. The minimum Gasteiger partial charge on any atom is -0.376 e. The van der Waals surface area contributed by atoms with Gasteiger partial charge in [0.15, 0.2) is 0 Å². The number of hydrogen-bond donors (Lipinski definition) is 1. The van der Waals surface area contributed by atoms with E-state index in [-0.39, 0.29) is 12.1 Å². The van der Waals surface area contributed by atoms with Crippen LogP contribution in [0.4, 0.5) is 4.79 Å². The van der Waals surface area contributed by atoms with Gasteiger partial charge in [0.2, 0.25) is 0 Å². The summed E-state index contributed by atoms with van der Waals surface area (Å²) in [5.41, 5.74) is 0.999. The highest BCUT2D eigenvalue weighted by Gasteiger charge is 2.30. The molecule has 3 fully saturated rings. The predicted molar refractivity (Wildman–Crippen MR) is 94.3 cm³/mol. The molecular formula is C18H27N3O2S. The third-order valence-electron chi connectivity index (χ3n) is 5.37. The van der Waals surface area contributed by atoms with E-state index in [1.54, 1.807) is 11.3 Å². The van der Waals surface area contributed by atoms with Gasteiger partial charge in [-0.2, -0.15) is 0 Å².